The first-order valence-corrected chi connectivity index (χ1v) is 8.59. The number of amides is 2. The van der Waals surface area contributed by atoms with Crippen molar-refractivity contribution in [2.45, 2.75) is 26.9 Å². The average Bonchev–Trinajstić information content (AvgIpc) is 2.61. The first kappa shape index (κ1) is 18.3. The van der Waals surface area contributed by atoms with Gasteiger partial charge in [0.1, 0.15) is 0 Å². The van der Waals surface area contributed by atoms with Gasteiger partial charge in [0.25, 0.3) is 0 Å². The third-order valence-electron chi connectivity index (χ3n) is 3.88. The Bertz CT molecular complexity index is 637. The molecular weight excluding hydrogens is 322 g/mol. The third kappa shape index (κ3) is 5.87. The van der Waals surface area contributed by atoms with Gasteiger partial charge in [0.2, 0.25) is 0 Å². The summed E-state index contributed by atoms with van der Waals surface area (Å²) in [4.78, 5) is 14.3. The normalized spacial score (nSPS) is 10.7. The van der Waals surface area contributed by atoms with Crippen molar-refractivity contribution in [1.29, 1.82) is 0 Å². The van der Waals surface area contributed by atoms with Gasteiger partial charge in [0, 0.05) is 23.8 Å². The van der Waals surface area contributed by atoms with Crippen LogP contribution in [-0.2, 0) is 13.1 Å². The second kappa shape index (κ2) is 9.30. The highest BCUT2D eigenvalue weighted by Gasteiger charge is 2.03. The molecule has 0 saturated heterocycles. The number of halogens is 1. The molecule has 0 saturated carbocycles. The van der Waals surface area contributed by atoms with Gasteiger partial charge in [-0.15, -0.1) is 0 Å². The SMILES string of the molecule is CCN(CC)Cc1ccc(CNC(=O)Nc2ccc(Cl)cc2)cc1. The van der Waals surface area contributed by atoms with Gasteiger partial charge < -0.3 is 10.6 Å². The lowest BCUT2D eigenvalue weighted by Crippen LogP contribution is -2.28. The van der Waals surface area contributed by atoms with E-state index in [1.807, 2.05) is 0 Å². The van der Waals surface area contributed by atoms with Crippen molar-refractivity contribution in [3.63, 3.8) is 0 Å². The van der Waals surface area contributed by atoms with Gasteiger partial charge in [0.05, 0.1) is 0 Å². The maximum atomic E-state index is 11.9. The van der Waals surface area contributed by atoms with Gasteiger partial charge >= 0.3 is 6.03 Å². The third-order valence-corrected chi connectivity index (χ3v) is 4.13. The zero-order chi connectivity index (χ0) is 17.4. The van der Waals surface area contributed by atoms with Crippen LogP contribution in [0.25, 0.3) is 0 Å². The molecule has 0 aliphatic heterocycles. The van der Waals surface area contributed by atoms with Gasteiger partial charge in [-0.2, -0.15) is 0 Å². The molecule has 0 heterocycles. The van der Waals surface area contributed by atoms with Crippen LogP contribution >= 0.6 is 11.6 Å². The molecule has 2 aromatic carbocycles. The first-order chi connectivity index (χ1) is 11.6. The number of hydrogen-bond acceptors (Lipinski definition) is 2. The average molecular weight is 346 g/mol. The summed E-state index contributed by atoms with van der Waals surface area (Å²) < 4.78 is 0. The van der Waals surface area contributed by atoms with Crippen LogP contribution in [0.1, 0.15) is 25.0 Å². The lowest BCUT2D eigenvalue weighted by atomic mass is 10.1. The van der Waals surface area contributed by atoms with E-state index in [1.54, 1.807) is 24.3 Å². The van der Waals surface area contributed by atoms with Gasteiger partial charge in [-0.3, -0.25) is 4.90 Å². The number of urea groups is 1. The molecule has 0 fully saturated rings. The summed E-state index contributed by atoms with van der Waals surface area (Å²) in [5.41, 5.74) is 3.07. The Morgan fingerprint density at radius 3 is 2.12 bits per heavy atom. The number of hydrogen-bond donors (Lipinski definition) is 2. The monoisotopic (exact) mass is 345 g/mol. The van der Waals surface area contributed by atoms with Gasteiger partial charge in [-0.05, 0) is 48.5 Å². The Hall–Kier alpha value is -2.04. The predicted molar refractivity (Wildman–Crippen MR) is 100 cm³/mol. The standard InChI is InChI=1S/C19H24ClN3O/c1-3-23(4-2)14-16-7-5-15(6-8-16)13-21-19(24)22-18-11-9-17(20)10-12-18/h5-12H,3-4,13-14H2,1-2H3,(H2,21,22,24). The van der Waals surface area contributed by atoms with Crippen LogP contribution in [0.2, 0.25) is 5.02 Å². The number of nitrogens with zero attached hydrogens (tertiary/aromatic N) is 1. The van der Waals surface area contributed by atoms with Gasteiger partial charge in [-0.1, -0.05) is 49.7 Å². The van der Waals surface area contributed by atoms with Crippen LogP contribution < -0.4 is 10.6 Å². The molecule has 0 bridgehead atoms. The Kier molecular flexibility index (Phi) is 7.09. The molecule has 0 atom stereocenters. The number of benzene rings is 2. The highest BCUT2D eigenvalue weighted by atomic mass is 35.5. The highest BCUT2D eigenvalue weighted by molar-refractivity contribution is 6.30. The zero-order valence-corrected chi connectivity index (χ0v) is 14.9. The molecule has 0 radical (unpaired) electrons. The molecule has 0 aromatic heterocycles. The van der Waals surface area contributed by atoms with Crippen LogP contribution in [0.15, 0.2) is 48.5 Å². The number of carbonyl (C=O) groups excluding carboxylic acids is 1. The quantitative estimate of drug-likeness (QED) is 0.775. The molecule has 0 unspecified atom stereocenters. The molecular formula is C19H24ClN3O. The topological polar surface area (TPSA) is 44.4 Å². The summed E-state index contributed by atoms with van der Waals surface area (Å²) in [5, 5.41) is 6.27. The largest absolute Gasteiger partial charge is 0.334 e. The molecule has 2 rings (SSSR count). The minimum atomic E-state index is -0.232. The number of nitrogens with one attached hydrogen (secondary N) is 2. The number of rotatable bonds is 7. The summed E-state index contributed by atoms with van der Waals surface area (Å²) in [6, 6.07) is 15.1. The van der Waals surface area contributed by atoms with Crippen LogP contribution in [-0.4, -0.2) is 24.0 Å². The molecule has 0 aliphatic rings. The summed E-state index contributed by atoms with van der Waals surface area (Å²) >= 11 is 5.82. The van der Waals surface area contributed by atoms with Crippen molar-refractivity contribution in [3.05, 3.63) is 64.7 Å². The Balaban J connectivity index is 1.81. The zero-order valence-electron chi connectivity index (χ0n) is 14.2. The van der Waals surface area contributed by atoms with E-state index in [-0.39, 0.29) is 6.03 Å². The maximum absolute atomic E-state index is 11.9. The van der Waals surface area contributed by atoms with E-state index in [9.17, 15) is 4.79 Å². The fourth-order valence-corrected chi connectivity index (χ4v) is 2.48. The Morgan fingerprint density at radius 2 is 1.54 bits per heavy atom. The molecule has 5 heteroatoms. The first-order valence-electron chi connectivity index (χ1n) is 8.21. The van der Waals surface area contributed by atoms with E-state index in [4.69, 9.17) is 11.6 Å². The lowest BCUT2D eigenvalue weighted by Gasteiger charge is -2.18. The number of carbonyl (C=O) groups is 1. The van der Waals surface area contributed by atoms with Crippen LogP contribution in [0, 0.1) is 0 Å². The second-order valence-electron chi connectivity index (χ2n) is 5.59. The van der Waals surface area contributed by atoms with E-state index >= 15 is 0 Å². The summed E-state index contributed by atoms with van der Waals surface area (Å²) in [7, 11) is 0. The minimum Gasteiger partial charge on any atom is -0.334 e. The smallest absolute Gasteiger partial charge is 0.319 e. The van der Waals surface area contributed by atoms with Crippen LogP contribution in [0.4, 0.5) is 10.5 Å². The molecule has 0 aliphatic carbocycles. The van der Waals surface area contributed by atoms with E-state index in [2.05, 4.69) is 53.6 Å². The van der Waals surface area contributed by atoms with E-state index in [0.29, 0.717) is 17.3 Å². The van der Waals surface area contributed by atoms with Gasteiger partial charge in [-0.25, -0.2) is 4.79 Å². The number of anilines is 1. The van der Waals surface area contributed by atoms with Crippen molar-refractivity contribution in [3.8, 4) is 0 Å². The molecule has 4 nitrogen and oxygen atoms in total. The maximum Gasteiger partial charge on any atom is 0.319 e. The fraction of sp³-hybridized carbons (Fsp3) is 0.316. The van der Waals surface area contributed by atoms with E-state index in [1.165, 1.54) is 5.56 Å². The van der Waals surface area contributed by atoms with Crippen molar-refractivity contribution < 1.29 is 4.79 Å². The van der Waals surface area contributed by atoms with Crippen LogP contribution in [0.5, 0.6) is 0 Å². The predicted octanol–water partition coefficient (Wildman–Crippen LogP) is 4.50. The summed E-state index contributed by atoms with van der Waals surface area (Å²) in [5.74, 6) is 0. The van der Waals surface area contributed by atoms with Crippen molar-refractivity contribution in [1.82, 2.24) is 10.2 Å². The van der Waals surface area contributed by atoms with Crippen molar-refractivity contribution in [2.75, 3.05) is 18.4 Å². The molecule has 0 spiro atoms. The summed E-state index contributed by atoms with van der Waals surface area (Å²) in [6.07, 6.45) is 0. The fourth-order valence-electron chi connectivity index (χ4n) is 2.36. The summed E-state index contributed by atoms with van der Waals surface area (Å²) in [6.45, 7) is 7.88. The molecule has 2 aromatic rings. The van der Waals surface area contributed by atoms with Crippen molar-refractivity contribution in [2.24, 2.45) is 0 Å². The van der Waals surface area contributed by atoms with Gasteiger partial charge in [0.15, 0.2) is 0 Å². The lowest BCUT2D eigenvalue weighted by molar-refractivity contribution is 0.251. The molecule has 24 heavy (non-hydrogen) atoms. The molecule has 2 amide bonds. The highest BCUT2D eigenvalue weighted by Crippen LogP contribution is 2.13. The van der Waals surface area contributed by atoms with Crippen LogP contribution in [0.3, 0.4) is 0 Å². The second-order valence-corrected chi connectivity index (χ2v) is 6.03. The Labute approximate surface area is 148 Å². The van der Waals surface area contributed by atoms with E-state index in [0.717, 1.165) is 25.2 Å². The van der Waals surface area contributed by atoms with Crippen molar-refractivity contribution >= 4 is 23.3 Å². The molecule has 128 valence electrons. The molecule has 2 N–H and O–H groups in total. The minimum absolute atomic E-state index is 0.232. The Morgan fingerprint density at radius 1 is 0.958 bits per heavy atom. The van der Waals surface area contributed by atoms with E-state index < -0.39 is 0 Å².